The molecule has 35 heavy (non-hydrogen) atoms. The van der Waals surface area contributed by atoms with Crippen LogP contribution in [0.5, 0.6) is 0 Å². The molecule has 2 amide bonds. The van der Waals surface area contributed by atoms with Crippen LogP contribution in [0.2, 0.25) is 5.02 Å². The number of carbonyl (C=O) groups excluding carboxylic acids is 2. The minimum absolute atomic E-state index is 0.0380. The summed E-state index contributed by atoms with van der Waals surface area (Å²) < 4.78 is 1.83. The zero-order valence-electron chi connectivity index (χ0n) is 19.9. The molecule has 2 heterocycles. The molecule has 1 aliphatic carbocycles. The van der Waals surface area contributed by atoms with Crippen molar-refractivity contribution in [2.45, 2.75) is 38.4 Å². The van der Waals surface area contributed by atoms with Crippen LogP contribution >= 0.6 is 11.6 Å². The Bertz CT molecular complexity index is 1180. The predicted molar refractivity (Wildman–Crippen MR) is 136 cm³/mol. The van der Waals surface area contributed by atoms with Crippen LogP contribution in [-0.4, -0.2) is 69.7 Å². The first kappa shape index (κ1) is 23.6. The lowest BCUT2D eigenvalue weighted by molar-refractivity contribution is -0.126. The Hall–Kier alpha value is -3.16. The number of aromatic nitrogens is 2. The normalized spacial score (nSPS) is 17.3. The molecule has 8 heteroatoms. The van der Waals surface area contributed by atoms with Gasteiger partial charge in [0.1, 0.15) is 5.69 Å². The largest absolute Gasteiger partial charge is 0.352 e. The van der Waals surface area contributed by atoms with Gasteiger partial charge in [0.15, 0.2) is 0 Å². The SMILES string of the molecule is CC(C(=O)NC1CC1)N1CCN(C(=O)c2cn(Cc3ccccc3)nc2-c2ccc(Cl)cc2)CC1. The van der Waals surface area contributed by atoms with Crippen molar-refractivity contribution in [1.82, 2.24) is 24.9 Å². The second kappa shape index (κ2) is 10.2. The molecule has 1 atom stereocenters. The minimum Gasteiger partial charge on any atom is -0.352 e. The molecule has 2 aliphatic rings. The Morgan fingerprint density at radius 3 is 2.37 bits per heavy atom. The van der Waals surface area contributed by atoms with E-state index in [1.54, 1.807) is 0 Å². The van der Waals surface area contributed by atoms with Gasteiger partial charge in [0.05, 0.1) is 18.2 Å². The van der Waals surface area contributed by atoms with Crippen molar-refractivity contribution in [3.8, 4) is 11.3 Å². The third kappa shape index (κ3) is 5.57. The average molecular weight is 492 g/mol. The van der Waals surface area contributed by atoms with Crippen LogP contribution in [0.25, 0.3) is 11.3 Å². The summed E-state index contributed by atoms with van der Waals surface area (Å²) in [6, 6.07) is 17.7. The highest BCUT2D eigenvalue weighted by Gasteiger charge is 2.32. The van der Waals surface area contributed by atoms with Crippen LogP contribution in [0.1, 0.15) is 35.7 Å². The summed E-state index contributed by atoms with van der Waals surface area (Å²) in [5.41, 5.74) is 3.20. The number of nitrogens with zero attached hydrogens (tertiary/aromatic N) is 4. The molecule has 1 N–H and O–H groups in total. The van der Waals surface area contributed by atoms with Crippen LogP contribution in [0.4, 0.5) is 0 Å². The maximum Gasteiger partial charge on any atom is 0.257 e. The van der Waals surface area contributed by atoms with Crippen molar-refractivity contribution >= 4 is 23.4 Å². The molecule has 182 valence electrons. The number of piperazine rings is 1. The van der Waals surface area contributed by atoms with Gasteiger partial charge in [-0.3, -0.25) is 19.2 Å². The lowest BCUT2D eigenvalue weighted by Gasteiger charge is -2.37. The molecular formula is C27H30ClN5O2. The van der Waals surface area contributed by atoms with E-state index in [1.807, 2.05) is 77.3 Å². The lowest BCUT2D eigenvalue weighted by atomic mass is 10.1. The van der Waals surface area contributed by atoms with Crippen molar-refractivity contribution in [3.63, 3.8) is 0 Å². The van der Waals surface area contributed by atoms with Gasteiger partial charge in [-0.2, -0.15) is 5.10 Å². The van der Waals surface area contributed by atoms with E-state index >= 15 is 0 Å². The third-order valence-corrected chi connectivity index (χ3v) is 7.00. The van der Waals surface area contributed by atoms with Crippen molar-refractivity contribution in [2.75, 3.05) is 26.2 Å². The lowest BCUT2D eigenvalue weighted by Crippen LogP contribution is -2.55. The first-order chi connectivity index (χ1) is 17.0. The van der Waals surface area contributed by atoms with Gasteiger partial charge in [0.25, 0.3) is 5.91 Å². The molecule has 2 aromatic carbocycles. The number of hydrogen-bond donors (Lipinski definition) is 1. The maximum atomic E-state index is 13.6. The Morgan fingerprint density at radius 1 is 1.03 bits per heavy atom. The maximum absolute atomic E-state index is 13.6. The molecule has 1 saturated heterocycles. The molecule has 1 aliphatic heterocycles. The van der Waals surface area contributed by atoms with E-state index in [-0.39, 0.29) is 17.9 Å². The number of benzene rings is 2. The number of hydrogen-bond acceptors (Lipinski definition) is 4. The van der Waals surface area contributed by atoms with Gasteiger partial charge in [-0.15, -0.1) is 0 Å². The molecule has 3 aromatic rings. The number of rotatable bonds is 7. The van der Waals surface area contributed by atoms with Gasteiger partial charge in [0, 0.05) is 49.0 Å². The molecule has 1 unspecified atom stereocenters. The zero-order valence-corrected chi connectivity index (χ0v) is 20.6. The Kier molecular flexibility index (Phi) is 6.88. The first-order valence-electron chi connectivity index (χ1n) is 12.2. The van der Waals surface area contributed by atoms with Crippen molar-refractivity contribution < 1.29 is 9.59 Å². The minimum atomic E-state index is -0.189. The first-order valence-corrected chi connectivity index (χ1v) is 12.6. The summed E-state index contributed by atoms with van der Waals surface area (Å²) in [6.07, 6.45) is 4.00. The summed E-state index contributed by atoms with van der Waals surface area (Å²) >= 11 is 6.09. The molecule has 7 nitrogen and oxygen atoms in total. The number of halogens is 1. The highest BCUT2D eigenvalue weighted by molar-refractivity contribution is 6.30. The molecule has 1 saturated carbocycles. The Morgan fingerprint density at radius 2 is 1.71 bits per heavy atom. The third-order valence-electron chi connectivity index (χ3n) is 6.75. The van der Waals surface area contributed by atoms with Gasteiger partial charge < -0.3 is 10.2 Å². The zero-order chi connectivity index (χ0) is 24.4. The summed E-state index contributed by atoms with van der Waals surface area (Å²) in [7, 11) is 0. The van der Waals surface area contributed by atoms with Gasteiger partial charge in [0.2, 0.25) is 5.91 Å². The molecule has 0 bridgehead atoms. The smallest absolute Gasteiger partial charge is 0.257 e. The van der Waals surface area contributed by atoms with Crippen molar-refractivity contribution in [3.05, 3.63) is 76.9 Å². The van der Waals surface area contributed by atoms with Crippen LogP contribution < -0.4 is 5.32 Å². The van der Waals surface area contributed by atoms with E-state index in [4.69, 9.17) is 16.7 Å². The highest BCUT2D eigenvalue weighted by Crippen LogP contribution is 2.26. The van der Waals surface area contributed by atoms with Gasteiger partial charge in [-0.25, -0.2) is 0 Å². The fourth-order valence-electron chi connectivity index (χ4n) is 4.45. The Labute approximate surface area is 210 Å². The quantitative estimate of drug-likeness (QED) is 0.547. The monoisotopic (exact) mass is 491 g/mol. The molecule has 2 fully saturated rings. The molecule has 0 radical (unpaired) electrons. The molecule has 0 spiro atoms. The fourth-order valence-corrected chi connectivity index (χ4v) is 4.57. The second-order valence-electron chi connectivity index (χ2n) is 9.37. The van der Waals surface area contributed by atoms with Gasteiger partial charge in [-0.1, -0.05) is 54.1 Å². The van der Waals surface area contributed by atoms with E-state index < -0.39 is 0 Å². The van der Waals surface area contributed by atoms with Crippen LogP contribution in [0, 0.1) is 0 Å². The summed E-state index contributed by atoms with van der Waals surface area (Å²) in [4.78, 5) is 30.1. The summed E-state index contributed by atoms with van der Waals surface area (Å²) in [5, 5.41) is 8.51. The highest BCUT2D eigenvalue weighted by atomic mass is 35.5. The molecule has 1 aromatic heterocycles. The van der Waals surface area contributed by atoms with Crippen LogP contribution in [0.3, 0.4) is 0 Å². The molecular weight excluding hydrogens is 462 g/mol. The second-order valence-corrected chi connectivity index (χ2v) is 9.80. The van der Waals surface area contributed by atoms with Crippen molar-refractivity contribution in [1.29, 1.82) is 0 Å². The summed E-state index contributed by atoms with van der Waals surface area (Å²) in [6.45, 7) is 5.00. The topological polar surface area (TPSA) is 70.5 Å². The van der Waals surface area contributed by atoms with E-state index in [1.165, 1.54) is 0 Å². The average Bonchev–Trinajstić information content (AvgIpc) is 3.61. The predicted octanol–water partition coefficient (Wildman–Crippen LogP) is 3.68. The van der Waals surface area contributed by atoms with E-state index in [0.717, 1.165) is 24.0 Å². The number of carbonyl (C=O) groups is 2. The Balaban J connectivity index is 1.32. The van der Waals surface area contributed by atoms with E-state index in [2.05, 4.69) is 10.2 Å². The van der Waals surface area contributed by atoms with E-state index in [9.17, 15) is 9.59 Å². The molecule has 5 rings (SSSR count). The van der Waals surface area contributed by atoms with Gasteiger partial charge in [-0.05, 0) is 37.5 Å². The number of amides is 2. The van der Waals surface area contributed by atoms with Gasteiger partial charge >= 0.3 is 0 Å². The number of nitrogens with one attached hydrogen (secondary N) is 1. The van der Waals surface area contributed by atoms with E-state index in [0.29, 0.717) is 55.0 Å². The standard InChI is InChI=1S/C27H30ClN5O2/c1-19(26(34)29-23-11-12-23)31-13-15-32(16-14-31)27(35)24-18-33(17-20-5-3-2-4-6-20)30-25(24)21-7-9-22(28)10-8-21/h2-10,18-19,23H,11-17H2,1H3,(H,29,34). The van der Waals surface area contributed by atoms with Crippen molar-refractivity contribution in [2.24, 2.45) is 0 Å². The summed E-state index contributed by atoms with van der Waals surface area (Å²) in [5.74, 6) is 0.0449. The van der Waals surface area contributed by atoms with Crippen LogP contribution in [-0.2, 0) is 11.3 Å². The fraction of sp³-hybridized carbons (Fsp3) is 0.370. The van der Waals surface area contributed by atoms with Crippen LogP contribution in [0.15, 0.2) is 60.8 Å².